The van der Waals surface area contributed by atoms with E-state index >= 15 is 0 Å². The summed E-state index contributed by atoms with van der Waals surface area (Å²) in [4.78, 5) is 0. The van der Waals surface area contributed by atoms with E-state index in [4.69, 9.17) is 0 Å². The molecule has 0 nitrogen and oxygen atoms in total. The van der Waals surface area contributed by atoms with Gasteiger partial charge in [-0.05, 0) is 0 Å². The molecule has 1 heterocycles. The molecule has 0 aromatic heterocycles. The Morgan fingerprint density at radius 2 is 1.09 bits per heavy atom. The summed E-state index contributed by atoms with van der Waals surface area (Å²) in [5.74, 6) is -0.481. The minimum absolute atomic E-state index is 0.00208. The molecule has 0 fully saturated rings. The molecule has 0 bridgehead atoms. The van der Waals surface area contributed by atoms with Crippen LogP contribution in [0.5, 0.6) is 0 Å². The Kier molecular flexibility index (Phi) is 5.61. The van der Waals surface area contributed by atoms with Gasteiger partial charge in [-0.2, -0.15) is 0 Å². The van der Waals surface area contributed by atoms with Crippen LogP contribution >= 0.6 is 0 Å². The molecule has 3 heteroatoms. The van der Waals surface area contributed by atoms with Crippen molar-refractivity contribution in [2.45, 2.75) is 5.41 Å². The average molecular weight is 485 g/mol. The third kappa shape index (κ3) is 3.86. The van der Waals surface area contributed by atoms with Gasteiger partial charge < -0.3 is 0 Å². The zero-order valence-electron chi connectivity index (χ0n) is 17.2. The van der Waals surface area contributed by atoms with Gasteiger partial charge in [0.05, 0.1) is 0 Å². The molecule has 4 aromatic rings. The molecule has 1 aliphatic heterocycles. The van der Waals surface area contributed by atoms with Crippen molar-refractivity contribution < 1.29 is 8.78 Å². The molecule has 0 amide bonds. The average Bonchev–Trinajstić information content (AvgIpc) is 3.22. The number of rotatable bonds is 4. The van der Waals surface area contributed by atoms with Gasteiger partial charge in [-0.3, -0.25) is 0 Å². The fourth-order valence-corrected chi connectivity index (χ4v) is 7.02. The van der Waals surface area contributed by atoms with E-state index < -0.39 is 5.41 Å². The molecule has 0 spiro atoms. The van der Waals surface area contributed by atoms with Gasteiger partial charge in [0.2, 0.25) is 0 Å². The molecule has 4 aromatic carbocycles. The number of halogens is 2. The molecule has 5 rings (SSSR count). The molecule has 0 atom stereocenters. The molecular formula is C29H20F2Se. The van der Waals surface area contributed by atoms with E-state index in [1.807, 2.05) is 36.4 Å². The predicted molar refractivity (Wildman–Crippen MR) is 128 cm³/mol. The van der Waals surface area contributed by atoms with Crippen molar-refractivity contribution in [2.24, 2.45) is 0 Å². The van der Waals surface area contributed by atoms with Gasteiger partial charge in [0, 0.05) is 0 Å². The maximum absolute atomic E-state index is 13.6. The van der Waals surface area contributed by atoms with Gasteiger partial charge in [0.15, 0.2) is 0 Å². The van der Waals surface area contributed by atoms with Crippen molar-refractivity contribution in [2.75, 3.05) is 0 Å². The van der Waals surface area contributed by atoms with Gasteiger partial charge in [0.25, 0.3) is 0 Å². The van der Waals surface area contributed by atoms with E-state index in [0.29, 0.717) is 0 Å². The van der Waals surface area contributed by atoms with Crippen molar-refractivity contribution in [3.63, 3.8) is 0 Å². The Bertz CT molecular complexity index is 1230. The molecule has 32 heavy (non-hydrogen) atoms. The molecule has 1 aliphatic rings. The van der Waals surface area contributed by atoms with Crippen LogP contribution < -0.4 is 0 Å². The number of hydrogen-bond acceptors (Lipinski definition) is 0. The van der Waals surface area contributed by atoms with E-state index in [-0.39, 0.29) is 26.6 Å². The van der Waals surface area contributed by atoms with Crippen molar-refractivity contribution in [3.05, 3.63) is 154 Å². The van der Waals surface area contributed by atoms with Crippen LogP contribution in [0.3, 0.4) is 0 Å². The van der Waals surface area contributed by atoms with Crippen LogP contribution in [0.1, 0.15) is 22.3 Å². The van der Waals surface area contributed by atoms with Gasteiger partial charge >= 0.3 is 193 Å². The van der Waals surface area contributed by atoms with Crippen LogP contribution in [0, 0.1) is 11.6 Å². The van der Waals surface area contributed by atoms with Crippen LogP contribution in [-0.2, 0) is 5.41 Å². The quantitative estimate of drug-likeness (QED) is 0.272. The summed E-state index contributed by atoms with van der Waals surface area (Å²) < 4.78 is 29.6. The van der Waals surface area contributed by atoms with Crippen LogP contribution in [0.25, 0.3) is 10.5 Å². The van der Waals surface area contributed by atoms with Crippen molar-refractivity contribution in [1.82, 2.24) is 0 Å². The summed E-state index contributed by atoms with van der Waals surface area (Å²) in [6.45, 7) is 0. The summed E-state index contributed by atoms with van der Waals surface area (Å²) in [5.41, 5.74) is 3.91. The standard InChI is InChI=1S/C29H20F2Se/c30-25-15-11-21(12-16-25)19-28-29(23-7-3-1-4-8-23,24-9-5-2-6-10-24)20-27(32-28)22-13-17-26(31)18-14-22/h1-20H. The summed E-state index contributed by atoms with van der Waals surface area (Å²) in [6.07, 6.45) is 4.52. The monoisotopic (exact) mass is 486 g/mol. The first-order valence-electron chi connectivity index (χ1n) is 10.4. The first-order chi connectivity index (χ1) is 15.6. The Labute approximate surface area is 193 Å². The number of hydrogen-bond donors (Lipinski definition) is 0. The number of benzene rings is 4. The molecule has 0 unspecified atom stereocenters. The maximum atomic E-state index is 13.6. The first kappa shape index (κ1) is 20.6. The molecule has 0 saturated carbocycles. The van der Waals surface area contributed by atoms with Crippen molar-refractivity contribution >= 4 is 25.5 Å². The molecule has 0 N–H and O–H groups in total. The minimum atomic E-state index is -0.444. The number of allylic oxidation sites excluding steroid dienone is 2. The van der Waals surface area contributed by atoms with E-state index in [1.165, 1.54) is 44.3 Å². The zero-order valence-corrected chi connectivity index (χ0v) is 18.9. The van der Waals surface area contributed by atoms with E-state index in [9.17, 15) is 8.78 Å². The van der Waals surface area contributed by atoms with E-state index in [0.717, 1.165) is 11.1 Å². The molecular weight excluding hydrogens is 465 g/mol. The normalized spacial score (nSPS) is 16.2. The molecule has 0 aliphatic carbocycles. The summed E-state index contributed by atoms with van der Waals surface area (Å²) in [6, 6.07) is 34.3. The molecule has 0 saturated heterocycles. The third-order valence-corrected chi connectivity index (χ3v) is 8.30. The summed E-state index contributed by atoms with van der Waals surface area (Å²) in [5, 5.41) is 0. The summed E-state index contributed by atoms with van der Waals surface area (Å²) in [7, 11) is 0. The van der Waals surface area contributed by atoms with Gasteiger partial charge in [-0.25, -0.2) is 0 Å². The fourth-order valence-electron chi connectivity index (χ4n) is 4.13. The Morgan fingerprint density at radius 3 is 1.62 bits per heavy atom. The van der Waals surface area contributed by atoms with E-state index in [2.05, 4.69) is 60.7 Å². The van der Waals surface area contributed by atoms with Crippen LogP contribution in [-0.4, -0.2) is 15.0 Å². The van der Waals surface area contributed by atoms with Crippen LogP contribution in [0.2, 0.25) is 0 Å². The third-order valence-electron chi connectivity index (χ3n) is 5.71. The topological polar surface area (TPSA) is 0 Å². The fraction of sp³-hybridized carbons (Fsp3) is 0.0345. The summed E-state index contributed by atoms with van der Waals surface area (Å²) >= 11 is -0.00208. The second-order valence-electron chi connectivity index (χ2n) is 7.72. The Balaban J connectivity index is 1.76. The van der Waals surface area contributed by atoms with Gasteiger partial charge in [-0.15, -0.1) is 0 Å². The SMILES string of the molecule is Fc1ccc(C=C2[Se]C(c3ccc(F)cc3)=CC2(c2ccccc2)c2ccccc2)cc1. The molecule has 156 valence electrons. The first-order valence-corrected chi connectivity index (χ1v) is 12.1. The Hall–Kier alpha value is -3.26. The van der Waals surface area contributed by atoms with Crippen LogP contribution in [0.4, 0.5) is 8.78 Å². The second kappa shape index (κ2) is 8.70. The second-order valence-corrected chi connectivity index (χ2v) is 9.99. The van der Waals surface area contributed by atoms with Gasteiger partial charge in [0.1, 0.15) is 0 Å². The van der Waals surface area contributed by atoms with Crippen LogP contribution in [0.15, 0.2) is 120 Å². The van der Waals surface area contributed by atoms with Crippen molar-refractivity contribution in [3.8, 4) is 0 Å². The molecule has 0 radical (unpaired) electrons. The van der Waals surface area contributed by atoms with Gasteiger partial charge in [-0.1, -0.05) is 0 Å². The van der Waals surface area contributed by atoms with Crippen molar-refractivity contribution in [1.29, 1.82) is 0 Å². The zero-order chi connectivity index (χ0) is 22.0. The predicted octanol–water partition coefficient (Wildman–Crippen LogP) is 7.05. The Morgan fingerprint density at radius 1 is 0.594 bits per heavy atom. The van der Waals surface area contributed by atoms with E-state index in [1.54, 1.807) is 0 Å².